The molecule has 1 N–H and O–H groups in total. The van der Waals surface area contributed by atoms with Crippen molar-refractivity contribution < 1.29 is 9.90 Å². The zero-order chi connectivity index (χ0) is 15.6. The first-order valence-corrected chi connectivity index (χ1v) is 8.70. The molecule has 1 aliphatic heterocycles. The monoisotopic (exact) mass is 481 g/mol. The molecule has 0 bridgehead atoms. The van der Waals surface area contributed by atoms with E-state index in [2.05, 4.69) is 66.5 Å². The van der Waals surface area contributed by atoms with Crippen molar-refractivity contribution in [2.24, 2.45) is 0 Å². The molecule has 0 saturated heterocycles. The van der Waals surface area contributed by atoms with Crippen LogP contribution in [0, 0.1) is 3.57 Å². The predicted octanol–water partition coefficient (Wildman–Crippen LogP) is 5.00. The molecule has 0 aromatic heterocycles. The number of hydrogen-bond acceptors (Lipinski definition) is 2. The summed E-state index contributed by atoms with van der Waals surface area (Å²) in [5.41, 5.74) is 2.95. The number of hydrogen-bond donors (Lipinski definition) is 1. The summed E-state index contributed by atoms with van der Waals surface area (Å²) >= 11 is 2.38. The van der Waals surface area contributed by atoms with E-state index in [-0.39, 0.29) is 28.8 Å². The predicted molar refractivity (Wildman–Crippen MR) is 105 cm³/mol. The van der Waals surface area contributed by atoms with Gasteiger partial charge in [0.1, 0.15) is 0 Å². The summed E-state index contributed by atoms with van der Waals surface area (Å²) in [4.78, 5) is 13.0. The number of nitrogens with zero attached hydrogens (tertiary/aromatic N) is 1. The van der Waals surface area contributed by atoms with Crippen molar-refractivity contribution in [1.82, 2.24) is 0 Å². The minimum Gasteiger partial charge on any atom is -0.481 e. The van der Waals surface area contributed by atoms with Crippen LogP contribution < -0.4 is 4.90 Å². The van der Waals surface area contributed by atoms with E-state index in [9.17, 15) is 4.79 Å². The van der Waals surface area contributed by atoms with E-state index >= 15 is 0 Å². The van der Waals surface area contributed by atoms with Gasteiger partial charge < -0.3 is 10.0 Å². The maximum Gasteiger partial charge on any atom is 0.303 e. The normalized spacial score (nSPS) is 18.7. The van der Waals surface area contributed by atoms with Gasteiger partial charge in [-0.05, 0) is 66.1 Å². The molecule has 1 unspecified atom stereocenters. The first-order valence-electron chi connectivity index (χ1n) is 7.62. The van der Waals surface area contributed by atoms with Crippen molar-refractivity contribution in [3.63, 3.8) is 0 Å². The Kier molecular flexibility index (Phi) is 7.18. The fourth-order valence-electron chi connectivity index (χ4n) is 3.15. The van der Waals surface area contributed by atoms with Gasteiger partial charge in [-0.15, -0.1) is 17.0 Å². The summed E-state index contributed by atoms with van der Waals surface area (Å²) in [5.74, 6) is -0.689. The third-order valence-electron chi connectivity index (χ3n) is 4.76. The van der Waals surface area contributed by atoms with Gasteiger partial charge >= 0.3 is 5.97 Å². The van der Waals surface area contributed by atoms with Crippen LogP contribution in [-0.4, -0.2) is 23.7 Å². The highest BCUT2D eigenvalue weighted by Gasteiger charge is 2.41. The maximum absolute atomic E-state index is 10.5. The van der Waals surface area contributed by atoms with Crippen LogP contribution in [0.3, 0.4) is 0 Å². The molecule has 1 aromatic rings. The molecule has 1 aromatic carbocycles. The minimum absolute atomic E-state index is 0. The van der Waals surface area contributed by atoms with Gasteiger partial charge in [0, 0.05) is 33.7 Å². The van der Waals surface area contributed by atoms with Crippen LogP contribution in [0.2, 0.25) is 0 Å². The number of fused-ring (bicyclic) bond motifs is 1. The minimum atomic E-state index is -0.689. The Balaban J connectivity index is 0.00000242. The maximum atomic E-state index is 10.5. The number of unbranched alkanes of at least 4 members (excludes halogenated alkanes) is 2. The van der Waals surface area contributed by atoms with Crippen LogP contribution in [0.15, 0.2) is 18.2 Å². The quantitative estimate of drug-likeness (QED) is 0.459. The largest absolute Gasteiger partial charge is 0.481 e. The van der Waals surface area contributed by atoms with E-state index in [1.165, 1.54) is 14.8 Å². The van der Waals surface area contributed by atoms with Crippen molar-refractivity contribution in [2.45, 2.75) is 57.9 Å². The van der Waals surface area contributed by atoms with Gasteiger partial charge in [0.05, 0.1) is 0 Å². The molecule has 1 heterocycles. The van der Waals surface area contributed by atoms with Gasteiger partial charge in [0.2, 0.25) is 0 Å². The molecule has 5 heteroatoms. The fraction of sp³-hybridized carbons (Fsp3) is 0.588. The molecule has 0 radical (unpaired) electrons. The van der Waals surface area contributed by atoms with Gasteiger partial charge in [-0.2, -0.15) is 0 Å². The molecule has 1 atom stereocenters. The van der Waals surface area contributed by atoms with Crippen molar-refractivity contribution in [3.8, 4) is 0 Å². The van der Waals surface area contributed by atoms with Gasteiger partial charge in [0.15, 0.2) is 0 Å². The Morgan fingerprint density at radius 2 is 2.00 bits per heavy atom. The van der Waals surface area contributed by atoms with Crippen molar-refractivity contribution in [1.29, 1.82) is 0 Å². The number of benzene rings is 1. The molecule has 2 rings (SSSR count). The molecule has 0 amide bonds. The van der Waals surface area contributed by atoms with Crippen molar-refractivity contribution in [3.05, 3.63) is 27.3 Å². The van der Waals surface area contributed by atoms with E-state index in [1.807, 2.05) is 0 Å². The van der Waals surface area contributed by atoms with E-state index in [1.54, 1.807) is 0 Å². The topological polar surface area (TPSA) is 40.5 Å². The van der Waals surface area contributed by atoms with E-state index in [0.29, 0.717) is 6.04 Å². The third kappa shape index (κ3) is 4.16. The lowest BCUT2D eigenvalue weighted by Crippen LogP contribution is -2.39. The Bertz CT molecular complexity index is 533. The van der Waals surface area contributed by atoms with Gasteiger partial charge in [-0.25, -0.2) is 0 Å². The van der Waals surface area contributed by atoms with Gasteiger partial charge in [-0.1, -0.05) is 20.3 Å². The van der Waals surface area contributed by atoms with E-state index in [4.69, 9.17) is 5.11 Å². The fourth-order valence-corrected chi connectivity index (χ4v) is 3.64. The zero-order valence-electron chi connectivity index (χ0n) is 13.4. The average Bonchev–Trinajstić information content (AvgIpc) is 2.59. The van der Waals surface area contributed by atoms with Gasteiger partial charge in [-0.3, -0.25) is 4.79 Å². The number of anilines is 1. The number of carboxylic acids is 1. The Morgan fingerprint density at radius 3 is 2.64 bits per heavy atom. The third-order valence-corrected chi connectivity index (χ3v) is 5.43. The van der Waals surface area contributed by atoms with Crippen LogP contribution in [0.5, 0.6) is 0 Å². The number of carbonyl (C=O) groups is 1. The summed E-state index contributed by atoms with van der Waals surface area (Å²) in [5, 5.41) is 8.68. The lowest BCUT2D eigenvalue weighted by Gasteiger charge is -2.31. The number of halogens is 2. The highest BCUT2D eigenvalue weighted by molar-refractivity contribution is 14.1. The summed E-state index contributed by atoms with van der Waals surface area (Å²) in [7, 11) is 0. The Morgan fingerprint density at radius 1 is 1.32 bits per heavy atom. The Labute approximate surface area is 157 Å². The highest BCUT2D eigenvalue weighted by atomic mass is 127. The molecule has 0 spiro atoms. The van der Waals surface area contributed by atoms with Crippen molar-refractivity contribution in [2.75, 3.05) is 11.4 Å². The number of rotatable bonds is 6. The molecular weight excluding hydrogens is 457 g/mol. The van der Waals surface area contributed by atoms with Crippen LogP contribution >= 0.6 is 39.6 Å². The summed E-state index contributed by atoms with van der Waals surface area (Å²) < 4.78 is 1.29. The zero-order valence-corrected chi connectivity index (χ0v) is 17.3. The summed E-state index contributed by atoms with van der Waals surface area (Å²) in [6.07, 6.45) is 3.10. The SMILES string of the molecule is Br.CC1N(CCCCCC(=O)O)c2ccc(I)cc2C1(C)C. The number of carboxylic acid groups (broad SMARTS) is 1. The standard InChI is InChI=1S/C17H24INO2.BrH/c1-12-17(2,3)14-11-13(18)8-9-15(14)19(12)10-6-4-5-7-16(20)21;/h8-9,11-12H,4-7,10H2,1-3H3,(H,20,21);1H. The molecule has 1 aliphatic rings. The molecule has 3 nitrogen and oxygen atoms in total. The lowest BCUT2D eigenvalue weighted by atomic mass is 9.81. The molecular formula is C17H25BrINO2. The molecule has 22 heavy (non-hydrogen) atoms. The second-order valence-corrected chi connectivity index (χ2v) is 7.70. The van der Waals surface area contributed by atoms with Crippen LogP contribution in [-0.2, 0) is 10.2 Å². The van der Waals surface area contributed by atoms with E-state index < -0.39 is 5.97 Å². The Hall–Kier alpha value is -0.300. The smallest absolute Gasteiger partial charge is 0.303 e. The molecule has 124 valence electrons. The molecule has 0 aliphatic carbocycles. The van der Waals surface area contributed by atoms with Crippen LogP contribution in [0.4, 0.5) is 5.69 Å². The highest BCUT2D eigenvalue weighted by Crippen LogP contribution is 2.45. The average molecular weight is 482 g/mol. The first-order chi connectivity index (χ1) is 9.84. The molecule has 0 fully saturated rings. The van der Waals surface area contributed by atoms with Crippen LogP contribution in [0.1, 0.15) is 52.0 Å². The second kappa shape index (κ2) is 7.99. The first kappa shape index (κ1) is 19.7. The summed E-state index contributed by atoms with van der Waals surface area (Å²) in [6, 6.07) is 7.19. The second-order valence-electron chi connectivity index (χ2n) is 6.46. The van der Waals surface area contributed by atoms with E-state index in [0.717, 1.165) is 25.8 Å². The van der Waals surface area contributed by atoms with Crippen LogP contribution in [0.25, 0.3) is 0 Å². The lowest BCUT2D eigenvalue weighted by molar-refractivity contribution is -0.137. The molecule has 0 saturated carbocycles. The van der Waals surface area contributed by atoms with Crippen molar-refractivity contribution >= 4 is 51.2 Å². The number of aliphatic carboxylic acids is 1. The summed E-state index contributed by atoms with van der Waals surface area (Å²) in [6.45, 7) is 7.94. The van der Waals surface area contributed by atoms with Gasteiger partial charge in [0.25, 0.3) is 0 Å².